The van der Waals surface area contributed by atoms with Crippen LogP contribution in [0.1, 0.15) is 56.9 Å². The molecule has 1 aromatic rings. The summed E-state index contributed by atoms with van der Waals surface area (Å²) < 4.78 is 1.14. The van der Waals surface area contributed by atoms with Crippen LogP contribution in [0.3, 0.4) is 0 Å². The topological polar surface area (TPSA) is 26.0 Å². The summed E-state index contributed by atoms with van der Waals surface area (Å²) >= 11 is 3.49. The van der Waals surface area contributed by atoms with Crippen LogP contribution >= 0.6 is 15.9 Å². The van der Waals surface area contributed by atoms with Gasteiger partial charge in [-0.25, -0.2) is 0 Å². The van der Waals surface area contributed by atoms with E-state index < -0.39 is 0 Å². The highest BCUT2D eigenvalue weighted by molar-refractivity contribution is 9.10. The second kappa shape index (κ2) is 4.64. The summed E-state index contributed by atoms with van der Waals surface area (Å²) in [6, 6.07) is 8.60. The van der Waals surface area contributed by atoms with Crippen LogP contribution in [-0.2, 0) is 5.54 Å². The molecule has 0 saturated heterocycles. The predicted molar refractivity (Wildman–Crippen MR) is 79.4 cm³/mol. The average molecular weight is 308 g/mol. The number of rotatable bonds is 1. The zero-order valence-electron chi connectivity index (χ0n) is 10.9. The van der Waals surface area contributed by atoms with Crippen LogP contribution < -0.4 is 5.73 Å². The van der Waals surface area contributed by atoms with E-state index in [0.717, 1.165) is 4.47 Å². The fourth-order valence-corrected chi connectivity index (χ4v) is 4.37. The largest absolute Gasteiger partial charge is 0.321 e. The average Bonchev–Trinajstić information content (AvgIpc) is 2.55. The first-order valence-electron chi connectivity index (χ1n) is 7.17. The Morgan fingerprint density at radius 3 is 2.00 bits per heavy atom. The van der Waals surface area contributed by atoms with Gasteiger partial charge < -0.3 is 5.73 Å². The Balaban J connectivity index is 1.74. The first kappa shape index (κ1) is 12.7. The van der Waals surface area contributed by atoms with Crippen LogP contribution in [0.25, 0.3) is 0 Å². The molecule has 18 heavy (non-hydrogen) atoms. The second-order valence-corrected chi connectivity index (χ2v) is 7.35. The van der Waals surface area contributed by atoms with E-state index in [1.54, 1.807) is 0 Å². The third kappa shape index (κ3) is 2.25. The van der Waals surface area contributed by atoms with Gasteiger partial charge in [0.05, 0.1) is 0 Å². The molecule has 0 bridgehead atoms. The van der Waals surface area contributed by atoms with Crippen molar-refractivity contribution in [2.45, 2.75) is 56.9 Å². The smallest absolute Gasteiger partial charge is 0.0420 e. The predicted octanol–water partition coefficient (Wildman–Crippen LogP) is 4.74. The van der Waals surface area contributed by atoms with Crippen molar-refractivity contribution in [2.24, 2.45) is 11.1 Å². The summed E-state index contributed by atoms with van der Waals surface area (Å²) in [7, 11) is 0. The first-order chi connectivity index (χ1) is 8.62. The van der Waals surface area contributed by atoms with E-state index in [-0.39, 0.29) is 5.54 Å². The van der Waals surface area contributed by atoms with Gasteiger partial charge in [-0.1, -0.05) is 53.7 Å². The van der Waals surface area contributed by atoms with Gasteiger partial charge in [0.1, 0.15) is 0 Å². The molecule has 2 fully saturated rings. The van der Waals surface area contributed by atoms with Gasteiger partial charge in [-0.15, -0.1) is 0 Å². The van der Waals surface area contributed by atoms with E-state index in [2.05, 4.69) is 40.2 Å². The molecule has 2 heteroatoms. The first-order valence-corrected chi connectivity index (χ1v) is 7.96. The zero-order valence-corrected chi connectivity index (χ0v) is 12.5. The third-order valence-corrected chi connectivity index (χ3v) is 5.49. The third-order valence-electron chi connectivity index (χ3n) is 4.96. The van der Waals surface area contributed by atoms with Gasteiger partial charge in [-0.05, 0) is 48.8 Å². The molecule has 3 rings (SSSR count). The molecular formula is C16H22BrN. The van der Waals surface area contributed by atoms with Crippen LogP contribution in [0.5, 0.6) is 0 Å². The molecule has 0 radical (unpaired) electrons. The minimum Gasteiger partial charge on any atom is -0.321 e. The lowest BCUT2D eigenvalue weighted by molar-refractivity contribution is 0.00963. The number of hydrogen-bond acceptors (Lipinski definition) is 1. The maximum absolute atomic E-state index is 6.62. The molecule has 0 amide bonds. The minimum absolute atomic E-state index is 0.0506. The maximum atomic E-state index is 6.62. The summed E-state index contributed by atoms with van der Waals surface area (Å²) in [4.78, 5) is 0. The fraction of sp³-hybridized carbons (Fsp3) is 0.625. The van der Waals surface area contributed by atoms with E-state index in [1.165, 1.54) is 56.9 Å². The number of halogens is 1. The lowest BCUT2D eigenvalue weighted by atomic mass is 9.53. The van der Waals surface area contributed by atoms with Gasteiger partial charge in [0.2, 0.25) is 0 Å². The molecular weight excluding hydrogens is 286 g/mol. The van der Waals surface area contributed by atoms with Gasteiger partial charge >= 0.3 is 0 Å². The second-order valence-electron chi connectivity index (χ2n) is 6.43. The molecule has 0 aliphatic heterocycles. The van der Waals surface area contributed by atoms with E-state index >= 15 is 0 Å². The number of nitrogens with two attached hydrogens (primary N) is 1. The molecule has 1 aromatic carbocycles. The van der Waals surface area contributed by atoms with Crippen molar-refractivity contribution in [2.75, 3.05) is 0 Å². The summed E-state index contributed by atoms with van der Waals surface area (Å²) in [5, 5.41) is 0. The van der Waals surface area contributed by atoms with Crippen LogP contribution in [-0.4, -0.2) is 0 Å². The summed E-state index contributed by atoms with van der Waals surface area (Å²) in [6.45, 7) is 0. The number of hydrogen-bond donors (Lipinski definition) is 1. The SMILES string of the molecule is NC1(c2ccc(Br)cc2)CC2(CCCCCC2)C1. The molecule has 0 heterocycles. The lowest BCUT2D eigenvalue weighted by Crippen LogP contribution is -2.55. The molecule has 2 N–H and O–H groups in total. The highest BCUT2D eigenvalue weighted by atomic mass is 79.9. The Morgan fingerprint density at radius 2 is 1.44 bits per heavy atom. The van der Waals surface area contributed by atoms with E-state index in [0.29, 0.717) is 5.41 Å². The van der Waals surface area contributed by atoms with Crippen LogP contribution in [0.4, 0.5) is 0 Å². The molecule has 0 atom stereocenters. The number of benzene rings is 1. The summed E-state index contributed by atoms with van der Waals surface area (Å²) in [6.07, 6.45) is 10.9. The molecule has 0 unspecified atom stereocenters. The molecule has 98 valence electrons. The minimum atomic E-state index is -0.0506. The van der Waals surface area contributed by atoms with Crippen LogP contribution in [0.2, 0.25) is 0 Å². The van der Waals surface area contributed by atoms with Crippen LogP contribution in [0, 0.1) is 5.41 Å². The Morgan fingerprint density at radius 1 is 0.889 bits per heavy atom. The monoisotopic (exact) mass is 307 g/mol. The normalized spacial score (nSPS) is 25.4. The molecule has 1 spiro atoms. The standard InChI is InChI=1S/C16H22BrN/c17-14-7-5-13(6-8-14)16(18)11-15(12-16)9-3-1-2-4-10-15/h5-8H,1-4,9-12,18H2. The molecule has 2 aliphatic carbocycles. The van der Waals surface area contributed by atoms with Crippen molar-refractivity contribution >= 4 is 15.9 Å². The van der Waals surface area contributed by atoms with Gasteiger partial charge in [-0.3, -0.25) is 0 Å². The Kier molecular flexibility index (Phi) is 3.27. The molecule has 1 nitrogen and oxygen atoms in total. The van der Waals surface area contributed by atoms with Gasteiger partial charge in [0.25, 0.3) is 0 Å². The highest BCUT2D eigenvalue weighted by Crippen LogP contribution is 2.58. The van der Waals surface area contributed by atoms with Gasteiger partial charge in [0, 0.05) is 10.0 Å². The van der Waals surface area contributed by atoms with Gasteiger partial charge in [0.15, 0.2) is 0 Å². The highest BCUT2D eigenvalue weighted by Gasteiger charge is 2.52. The molecule has 0 aromatic heterocycles. The maximum Gasteiger partial charge on any atom is 0.0420 e. The van der Waals surface area contributed by atoms with Crippen molar-refractivity contribution in [3.05, 3.63) is 34.3 Å². The lowest BCUT2D eigenvalue weighted by Gasteiger charge is -2.55. The summed E-state index contributed by atoms with van der Waals surface area (Å²) in [5.41, 5.74) is 8.47. The van der Waals surface area contributed by atoms with Crippen molar-refractivity contribution in [3.63, 3.8) is 0 Å². The Labute approximate surface area is 118 Å². The van der Waals surface area contributed by atoms with E-state index in [1.807, 2.05) is 0 Å². The quantitative estimate of drug-likeness (QED) is 0.797. The van der Waals surface area contributed by atoms with Crippen molar-refractivity contribution < 1.29 is 0 Å². The fourth-order valence-electron chi connectivity index (χ4n) is 4.10. The summed E-state index contributed by atoms with van der Waals surface area (Å²) in [5.74, 6) is 0. The van der Waals surface area contributed by atoms with E-state index in [9.17, 15) is 0 Å². The van der Waals surface area contributed by atoms with Gasteiger partial charge in [-0.2, -0.15) is 0 Å². The molecule has 2 saturated carbocycles. The molecule has 2 aliphatic rings. The zero-order chi connectivity index (χ0) is 12.6. The van der Waals surface area contributed by atoms with Crippen molar-refractivity contribution in [1.82, 2.24) is 0 Å². The van der Waals surface area contributed by atoms with E-state index in [4.69, 9.17) is 5.73 Å². The van der Waals surface area contributed by atoms with Crippen molar-refractivity contribution in [3.8, 4) is 0 Å². The Hall–Kier alpha value is -0.340. The Bertz CT molecular complexity index is 407. The van der Waals surface area contributed by atoms with Crippen molar-refractivity contribution in [1.29, 1.82) is 0 Å². The van der Waals surface area contributed by atoms with Crippen LogP contribution in [0.15, 0.2) is 28.7 Å².